The van der Waals surface area contributed by atoms with E-state index in [9.17, 15) is 9.90 Å². The second-order valence-corrected chi connectivity index (χ2v) is 6.19. The number of carbonyl (C=O) groups excluding carboxylic acids is 1. The molecule has 24 heavy (non-hydrogen) atoms. The molecule has 5 heteroatoms. The summed E-state index contributed by atoms with van der Waals surface area (Å²) in [6, 6.07) is 9.39. The molecule has 1 amide bonds. The van der Waals surface area contributed by atoms with Gasteiger partial charge in [-0.15, -0.1) is 0 Å². The first kappa shape index (κ1) is 18.1. The Hall–Kier alpha value is -2.27. The molecule has 0 aliphatic heterocycles. The largest absolute Gasteiger partial charge is 0.485 e. The third kappa shape index (κ3) is 4.86. The molecule has 0 fully saturated rings. The standard InChI is InChI=1S/C19H25NO4/c1-13-5-7-17(14(2)11-13)23-12-16-6-8-18(24-16)19(22)20(4)10-9-15(3)21/h5-8,11,15,21H,9-10,12H2,1-4H3. The fourth-order valence-electron chi connectivity index (χ4n) is 2.35. The average molecular weight is 331 g/mol. The number of benzene rings is 1. The molecule has 1 atom stereocenters. The number of amides is 1. The van der Waals surface area contributed by atoms with Crippen molar-refractivity contribution in [2.75, 3.05) is 13.6 Å². The van der Waals surface area contributed by atoms with E-state index in [1.807, 2.05) is 26.0 Å². The van der Waals surface area contributed by atoms with Crippen LogP contribution in [-0.4, -0.2) is 35.6 Å². The van der Waals surface area contributed by atoms with Crippen LogP contribution in [0.3, 0.4) is 0 Å². The first-order chi connectivity index (χ1) is 11.4. The zero-order valence-electron chi connectivity index (χ0n) is 14.7. The quantitative estimate of drug-likeness (QED) is 0.845. The van der Waals surface area contributed by atoms with E-state index >= 15 is 0 Å². The monoisotopic (exact) mass is 331 g/mol. The average Bonchev–Trinajstić information content (AvgIpc) is 3.00. The lowest BCUT2D eigenvalue weighted by atomic mass is 10.1. The second kappa shape index (κ2) is 8.02. The van der Waals surface area contributed by atoms with Crippen molar-refractivity contribution in [3.05, 3.63) is 53.0 Å². The Bertz CT molecular complexity index is 690. The number of aliphatic hydroxyl groups is 1. The van der Waals surface area contributed by atoms with Crippen LogP contribution in [0.5, 0.6) is 5.75 Å². The van der Waals surface area contributed by atoms with Crippen LogP contribution in [0.1, 0.15) is 40.8 Å². The molecule has 130 valence electrons. The molecular weight excluding hydrogens is 306 g/mol. The van der Waals surface area contributed by atoms with Gasteiger partial charge in [-0.05, 0) is 51.0 Å². The molecule has 5 nitrogen and oxygen atoms in total. The van der Waals surface area contributed by atoms with E-state index in [1.54, 1.807) is 31.0 Å². The van der Waals surface area contributed by atoms with Gasteiger partial charge in [-0.1, -0.05) is 17.7 Å². The molecular formula is C19H25NO4. The summed E-state index contributed by atoms with van der Waals surface area (Å²) in [6.45, 7) is 6.49. The van der Waals surface area contributed by atoms with E-state index in [0.717, 1.165) is 11.3 Å². The van der Waals surface area contributed by atoms with Crippen LogP contribution < -0.4 is 4.74 Å². The summed E-state index contributed by atoms with van der Waals surface area (Å²) in [5, 5.41) is 9.30. The summed E-state index contributed by atoms with van der Waals surface area (Å²) >= 11 is 0. The van der Waals surface area contributed by atoms with Gasteiger partial charge in [0.05, 0.1) is 6.10 Å². The first-order valence-corrected chi connectivity index (χ1v) is 8.09. The van der Waals surface area contributed by atoms with E-state index in [2.05, 4.69) is 6.07 Å². The molecule has 0 aliphatic carbocycles. The maximum absolute atomic E-state index is 12.2. The van der Waals surface area contributed by atoms with Crippen molar-refractivity contribution in [3.8, 4) is 5.75 Å². The number of aryl methyl sites for hydroxylation is 2. The maximum atomic E-state index is 12.2. The predicted octanol–water partition coefficient (Wildman–Crippen LogP) is 3.32. The molecule has 0 radical (unpaired) electrons. The molecule has 0 spiro atoms. The van der Waals surface area contributed by atoms with E-state index in [0.29, 0.717) is 18.7 Å². The predicted molar refractivity (Wildman–Crippen MR) is 92.2 cm³/mol. The maximum Gasteiger partial charge on any atom is 0.289 e. The molecule has 1 heterocycles. The molecule has 1 N–H and O–H groups in total. The van der Waals surface area contributed by atoms with Crippen LogP contribution in [0.4, 0.5) is 0 Å². The Morgan fingerprint density at radius 1 is 1.29 bits per heavy atom. The van der Waals surface area contributed by atoms with Gasteiger partial charge in [0.15, 0.2) is 5.76 Å². The van der Waals surface area contributed by atoms with Crippen LogP contribution in [0.2, 0.25) is 0 Å². The van der Waals surface area contributed by atoms with Crippen molar-refractivity contribution in [1.82, 2.24) is 4.90 Å². The number of aliphatic hydroxyl groups excluding tert-OH is 1. The summed E-state index contributed by atoms with van der Waals surface area (Å²) in [5.74, 6) is 1.48. The van der Waals surface area contributed by atoms with Crippen LogP contribution >= 0.6 is 0 Å². The van der Waals surface area contributed by atoms with Crippen LogP contribution in [0.15, 0.2) is 34.7 Å². The minimum atomic E-state index is -0.432. The first-order valence-electron chi connectivity index (χ1n) is 8.09. The fourth-order valence-corrected chi connectivity index (χ4v) is 2.35. The van der Waals surface area contributed by atoms with Crippen LogP contribution in [0, 0.1) is 13.8 Å². The van der Waals surface area contributed by atoms with E-state index < -0.39 is 6.10 Å². The fraction of sp³-hybridized carbons (Fsp3) is 0.421. The number of nitrogens with zero attached hydrogens (tertiary/aromatic N) is 1. The molecule has 1 aromatic heterocycles. The summed E-state index contributed by atoms with van der Waals surface area (Å²) in [5.41, 5.74) is 2.25. The molecule has 0 bridgehead atoms. The summed E-state index contributed by atoms with van der Waals surface area (Å²) in [6.07, 6.45) is 0.101. The van der Waals surface area contributed by atoms with Gasteiger partial charge in [-0.2, -0.15) is 0 Å². The Morgan fingerprint density at radius 2 is 2.04 bits per heavy atom. The lowest BCUT2D eigenvalue weighted by Crippen LogP contribution is -2.29. The highest BCUT2D eigenvalue weighted by Gasteiger charge is 2.16. The number of rotatable bonds is 7. The number of hydrogen-bond acceptors (Lipinski definition) is 4. The van der Waals surface area contributed by atoms with Gasteiger partial charge in [-0.3, -0.25) is 4.79 Å². The third-order valence-electron chi connectivity index (χ3n) is 3.80. The second-order valence-electron chi connectivity index (χ2n) is 6.19. The molecule has 1 aromatic carbocycles. The molecule has 2 rings (SSSR count). The summed E-state index contributed by atoms with van der Waals surface area (Å²) < 4.78 is 11.3. The number of hydrogen-bond donors (Lipinski definition) is 1. The molecule has 2 aromatic rings. The van der Waals surface area contributed by atoms with Crippen molar-refractivity contribution in [2.45, 2.75) is 39.9 Å². The van der Waals surface area contributed by atoms with Gasteiger partial charge < -0.3 is 19.2 Å². The Morgan fingerprint density at radius 3 is 2.71 bits per heavy atom. The van der Waals surface area contributed by atoms with Gasteiger partial charge in [0.1, 0.15) is 18.1 Å². The number of furan rings is 1. The van der Waals surface area contributed by atoms with Crippen molar-refractivity contribution in [2.24, 2.45) is 0 Å². The van der Waals surface area contributed by atoms with Gasteiger partial charge in [0.2, 0.25) is 0 Å². The lowest BCUT2D eigenvalue weighted by Gasteiger charge is -2.16. The summed E-state index contributed by atoms with van der Waals surface area (Å²) in [7, 11) is 1.69. The van der Waals surface area contributed by atoms with Gasteiger partial charge in [-0.25, -0.2) is 0 Å². The Kier molecular flexibility index (Phi) is 6.04. The zero-order valence-corrected chi connectivity index (χ0v) is 14.7. The smallest absolute Gasteiger partial charge is 0.289 e. The van der Waals surface area contributed by atoms with Crippen molar-refractivity contribution in [1.29, 1.82) is 0 Å². The summed E-state index contributed by atoms with van der Waals surface area (Å²) in [4.78, 5) is 13.8. The topological polar surface area (TPSA) is 62.9 Å². The Balaban J connectivity index is 1.94. The van der Waals surface area contributed by atoms with Crippen LogP contribution in [0.25, 0.3) is 0 Å². The van der Waals surface area contributed by atoms with Crippen molar-refractivity contribution < 1.29 is 19.1 Å². The van der Waals surface area contributed by atoms with E-state index in [4.69, 9.17) is 9.15 Å². The SMILES string of the molecule is Cc1ccc(OCc2ccc(C(=O)N(C)CCC(C)O)o2)c(C)c1. The van der Waals surface area contributed by atoms with Gasteiger partial charge in [0, 0.05) is 13.6 Å². The number of ether oxygens (including phenoxy) is 1. The van der Waals surface area contributed by atoms with Crippen molar-refractivity contribution in [3.63, 3.8) is 0 Å². The van der Waals surface area contributed by atoms with E-state index in [-0.39, 0.29) is 18.3 Å². The van der Waals surface area contributed by atoms with E-state index in [1.165, 1.54) is 5.56 Å². The third-order valence-corrected chi connectivity index (χ3v) is 3.80. The van der Waals surface area contributed by atoms with Crippen molar-refractivity contribution >= 4 is 5.91 Å². The highest BCUT2D eigenvalue weighted by Crippen LogP contribution is 2.20. The minimum absolute atomic E-state index is 0.201. The van der Waals surface area contributed by atoms with Crippen LogP contribution in [-0.2, 0) is 6.61 Å². The molecule has 0 saturated carbocycles. The molecule has 0 saturated heterocycles. The van der Waals surface area contributed by atoms with Gasteiger partial charge in [0.25, 0.3) is 5.91 Å². The number of carbonyl (C=O) groups is 1. The molecule has 1 unspecified atom stereocenters. The highest BCUT2D eigenvalue weighted by molar-refractivity contribution is 5.91. The molecule has 0 aliphatic rings. The lowest BCUT2D eigenvalue weighted by molar-refractivity contribution is 0.0734. The van der Waals surface area contributed by atoms with Gasteiger partial charge >= 0.3 is 0 Å². The normalized spacial score (nSPS) is 12.0. The highest BCUT2D eigenvalue weighted by atomic mass is 16.5. The zero-order chi connectivity index (χ0) is 17.7. The Labute approximate surface area is 142 Å². The minimum Gasteiger partial charge on any atom is -0.485 e.